The number of carbonyl (C=O) groups is 1. The van der Waals surface area contributed by atoms with Gasteiger partial charge in [-0.15, -0.1) is 0 Å². The maximum atomic E-state index is 11.6. The first-order valence-corrected chi connectivity index (χ1v) is 5.84. The minimum Gasteiger partial charge on any atom is -0.328 e. The van der Waals surface area contributed by atoms with Gasteiger partial charge in [-0.2, -0.15) is 0 Å². The van der Waals surface area contributed by atoms with E-state index in [0.29, 0.717) is 13.0 Å². The quantitative estimate of drug-likeness (QED) is 0.791. The molecular formula is C13H19N3O. The van der Waals surface area contributed by atoms with Gasteiger partial charge in [-0.3, -0.25) is 4.79 Å². The van der Waals surface area contributed by atoms with Gasteiger partial charge in [0.1, 0.15) is 0 Å². The SMILES string of the molecule is CN1C(=O)CCc2cc(C(C)(N)CN)ccc21. The van der Waals surface area contributed by atoms with Crippen LogP contribution in [0.4, 0.5) is 5.69 Å². The minimum absolute atomic E-state index is 0.166. The molecule has 1 aliphatic rings. The van der Waals surface area contributed by atoms with Crippen LogP contribution in [-0.4, -0.2) is 19.5 Å². The Morgan fingerprint density at radius 2 is 2.12 bits per heavy atom. The number of aryl methyl sites for hydroxylation is 1. The van der Waals surface area contributed by atoms with Crippen LogP contribution in [0.25, 0.3) is 0 Å². The molecule has 1 aliphatic heterocycles. The van der Waals surface area contributed by atoms with Gasteiger partial charge in [0, 0.05) is 25.7 Å². The fourth-order valence-electron chi connectivity index (χ4n) is 2.13. The molecule has 0 spiro atoms. The second kappa shape index (κ2) is 4.13. The molecule has 1 amide bonds. The summed E-state index contributed by atoms with van der Waals surface area (Å²) in [6.45, 7) is 2.33. The monoisotopic (exact) mass is 233 g/mol. The van der Waals surface area contributed by atoms with Gasteiger partial charge in [0.25, 0.3) is 0 Å². The maximum absolute atomic E-state index is 11.6. The first-order chi connectivity index (χ1) is 7.95. The molecule has 0 aliphatic carbocycles. The van der Waals surface area contributed by atoms with Gasteiger partial charge in [0.05, 0.1) is 5.54 Å². The number of fused-ring (bicyclic) bond motifs is 1. The number of carbonyl (C=O) groups excluding carboxylic acids is 1. The standard InChI is InChI=1S/C13H19N3O/c1-13(15,8-14)10-4-5-11-9(7-10)3-6-12(17)16(11)2/h4-5,7H,3,6,8,14-15H2,1-2H3. The molecule has 4 nitrogen and oxygen atoms in total. The summed E-state index contributed by atoms with van der Waals surface area (Å²) >= 11 is 0. The molecule has 0 bridgehead atoms. The summed E-state index contributed by atoms with van der Waals surface area (Å²) < 4.78 is 0. The Morgan fingerprint density at radius 1 is 1.41 bits per heavy atom. The molecule has 0 saturated heterocycles. The zero-order chi connectivity index (χ0) is 12.6. The van der Waals surface area contributed by atoms with E-state index >= 15 is 0 Å². The van der Waals surface area contributed by atoms with Gasteiger partial charge in [-0.1, -0.05) is 12.1 Å². The number of amides is 1. The highest BCUT2D eigenvalue weighted by Gasteiger charge is 2.24. The lowest BCUT2D eigenvalue weighted by molar-refractivity contribution is -0.118. The van der Waals surface area contributed by atoms with E-state index < -0.39 is 5.54 Å². The van der Waals surface area contributed by atoms with Gasteiger partial charge in [0.15, 0.2) is 0 Å². The zero-order valence-corrected chi connectivity index (χ0v) is 10.4. The Morgan fingerprint density at radius 3 is 2.76 bits per heavy atom. The highest BCUT2D eigenvalue weighted by molar-refractivity contribution is 5.95. The molecule has 1 unspecified atom stereocenters. The molecule has 4 heteroatoms. The van der Waals surface area contributed by atoms with E-state index in [2.05, 4.69) is 6.07 Å². The highest BCUT2D eigenvalue weighted by atomic mass is 16.2. The Kier molecular flexibility index (Phi) is 2.93. The highest BCUT2D eigenvalue weighted by Crippen LogP contribution is 2.30. The van der Waals surface area contributed by atoms with Crippen LogP contribution in [-0.2, 0) is 16.8 Å². The third-order valence-corrected chi connectivity index (χ3v) is 3.51. The first-order valence-electron chi connectivity index (χ1n) is 5.84. The smallest absolute Gasteiger partial charge is 0.227 e. The van der Waals surface area contributed by atoms with Crippen molar-refractivity contribution in [2.24, 2.45) is 11.5 Å². The Hall–Kier alpha value is -1.39. The van der Waals surface area contributed by atoms with E-state index in [0.717, 1.165) is 17.7 Å². The van der Waals surface area contributed by atoms with E-state index in [4.69, 9.17) is 11.5 Å². The number of hydrogen-bond acceptors (Lipinski definition) is 3. The van der Waals surface area contributed by atoms with Crippen LogP contribution in [0.1, 0.15) is 24.5 Å². The van der Waals surface area contributed by atoms with Gasteiger partial charge in [-0.25, -0.2) is 0 Å². The third-order valence-electron chi connectivity index (χ3n) is 3.51. The van der Waals surface area contributed by atoms with E-state index in [9.17, 15) is 4.79 Å². The van der Waals surface area contributed by atoms with Gasteiger partial charge in [0.2, 0.25) is 5.91 Å². The molecule has 1 atom stereocenters. The predicted octanol–water partition coefficient (Wildman–Crippen LogP) is 0.728. The summed E-state index contributed by atoms with van der Waals surface area (Å²) in [5.41, 5.74) is 14.5. The van der Waals surface area contributed by atoms with E-state index in [-0.39, 0.29) is 5.91 Å². The number of benzene rings is 1. The Balaban J connectivity index is 2.42. The number of nitrogens with zero attached hydrogens (tertiary/aromatic N) is 1. The summed E-state index contributed by atoms with van der Waals surface area (Å²) in [5.74, 6) is 0.166. The van der Waals surface area contributed by atoms with Crippen LogP contribution >= 0.6 is 0 Å². The normalized spacial score (nSPS) is 18.8. The Bertz CT molecular complexity index is 454. The largest absolute Gasteiger partial charge is 0.328 e. The number of anilines is 1. The molecule has 0 fully saturated rings. The summed E-state index contributed by atoms with van der Waals surface area (Å²) in [7, 11) is 1.81. The van der Waals surface area contributed by atoms with E-state index in [1.54, 1.807) is 4.90 Å². The second-order valence-corrected chi connectivity index (χ2v) is 4.92. The van der Waals surface area contributed by atoms with Crippen LogP contribution in [0.3, 0.4) is 0 Å². The number of nitrogens with two attached hydrogens (primary N) is 2. The molecule has 0 radical (unpaired) electrons. The lowest BCUT2D eigenvalue weighted by Gasteiger charge is -2.29. The summed E-state index contributed by atoms with van der Waals surface area (Å²) in [5, 5.41) is 0. The van der Waals surface area contributed by atoms with E-state index in [1.165, 1.54) is 5.56 Å². The van der Waals surface area contributed by atoms with Crippen molar-refractivity contribution in [1.29, 1.82) is 0 Å². The first kappa shape index (κ1) is 12.1. The molecule has 17 heavy (non-hydrogen) atoms. The maximum Gasteiger partial charge on any atom is 0.227 e. The lowest BCUT2D eigenvalue weighted by Crippen LogP contribution is -2.41. The van der Waals surface area contributed by atoms with Crippen molar-refractivity contribution in [3.05, 3.63) is 29.3 Å². The average Bonchev–Trinajstić information content (AvgIpc) is 2.33. The fourth-order valence-corrected chi connectivity index (χ4v) is 2.13. The number of hydrogen-bond donors (Lipinski definition) is 2. The van der Waals surface area contributed by atoms with Crippen molar-refractivity contribution >= 4 is 11.6 Å². The Labute approximate surface area is 102 Å². The molecule has 1 aromatic carbocycles. The van der Waals surface area contributed by atoms with Crippen LogP contribution in [0, 0.1) is 0 Å². The van der Waals surface area contributed by atoms with Crippen LogP contribution in [0.2, 0.25) is 0 Å². The van der Waals surface area contributed by atoms with Crippen LogP contribution in [0.15, 0.2) is 18.2 Å². The van der Waals surface area contributed by atoms with E-state index in [1.807, 2.05) is 26.1 Å². The van der Waals surface area contributed by atoms with Gasteiger partial charge >= 0.3 is 0 Å². The van der Waals surface area contributed by atoms with Crippen molar-refractivity contribution in [2.45, 2.75) is 25.3 Å². The number of rotatable bonds is 2. The fraction of sp³-hybridized carbons (Fsp3) is 0.462. The lowest BCUT2D eigenvalue weighted by atomic mass is 9.89. The molecule has 0 saturated carbocycles. The van der Waals surface area contributed by atoms with Crippen molar-refractivity contribution in [3.63, 3.8) is 0 Å². The third kappa shape index (κ3) is 2.06. The van der Waals surface area contributed by atoms with Crippen molar-refractivity contribution in [1.82, 2.24) is 0 Å². The summed E-state index contributed by atoms with van der Waals surface area (Å²) in [6.07, 6.45) is 1.35. The molecule has 4 N–H and O–H groups in total. The average molecular weight is 233 g/mol. The second-order valence-electron chi connectivity index (χ2n) is 4.92. The minimum atomic E-state index is -0.505. The molecule has 2 rings (SSSR count). The van der Waals surface area contributed by atoms with Crippen molar-refractivity contribution in [3.8, 4) is 0 Å². The van der Waals surface area contributed by atoms with Gasteiger partial charge < -0.3 is 16.4 Å². The summed E-state index contributed by atoms with van der Waals surface area (Å²) in [4.78, 5) is 13.3. The summed E-state index contributed by atoms with van der Waals surface area (Å²) in [6, 6.07) is 5.99. The molecular weight excluding hydrogens is 214 g/mol. The van der Waals surface area contributed by atoms with Crippen molar-refractivity contribution in [2.75, 3.05) is 18.5 Å². The molecule has 0 aromatic heterocycles. The molecule has 92 valence electrons. The van der Waals surface area contributed by atoms with Crippen LogP contribution < -0.4 is 16.4 Å². The van der Waals surface area contributed by atoms with Gasteiger partial charge in [-0.05, 0) is 30.5 Å². The zero-order valence-electron chi connectivity index (χ0n) is 10.4. The topological polar surface area (TPSA) is 72.3 Å². The van der Waals surface area contributed by atoms with Crippen LogP contribution in [0.5, 0.6) is 0 Å². The predicted molar refractivity (Wildman–Crippen MR) is 68.8 cm³/mol. The molecule has 1 heterocycles. The molecule has 1 aromatic rings. The van der Waals surface area contributed by atoms with Crippen molar-refractivity contribution < 1.29 is 4.79 Å².